The van der Waals surface area contributed by atoms with Gasteiger partial charge in [-0.25, -0.2) is 13.2 Å². The Labute approximate surface area is 170 Å². The summed E-state index contributed by atoms with van der Waals surface area (Å²) < 4.78 is 37.4. The maximum absolute atomic E-state index is 12.6. The van der Waals surface area contributed by atoms with E-state index >= 15 is 0 Å². The number of Topliss-reactive ketones (excluding diaryl/α,β-unsaturated/α-hetero) is 1. The quantitative estimate of drug-likeness (QED) is 0.359. The maximum Gasteiger partial charge on any atom is 0.340 e. The molecular formula is C20H26N2O6S. The SMILES string of the molecule is COCCCn1c(C)cc(C(=O)COC(=O)c2ccccc2NS(C)(=O)=O)c1C. The topological polar surface area (TPSA) is 104 Å². The van der Waals surface area contributed by atoms with Gasteiger partial charge in [-0.15, -0.1) is 0 Å². The van der Waals surface area contributed by atoms with Crippen LogP contribution in [0, 0.1) is 13.8 Å². The largest absolute Gasteiger partial charge is 0.454 e. The van der Waals surface area contributed by atoms with Crippen molar-refractivity contribution in [3.8, 4) is 0 Å². The van der Waals surface area contributed by atoms with Crippen LogP contribution in [0.15, 0.2) is 30.3 Å². The summed E-state index contributed by atoms with van der Waals surface area (Å²) in [7, 11) is -1.92. The minimum atomic E-state index is -3.56. The Morgan fingerprint density at radius 3 is 2.48 bits per heavy atom. The molecule has 29 heavy (non-hydrogen) atoms. The average Bonchev–Trinajstić information content (AvgIpc) is 2.93. The van der Waals surface area contributed by atoms with E-state index in [0.29, 0.717) is 12.2 Å². The van der Waals surface area contributed by atoms with Crippen LogP contribution < -0.4 is 4.72 Å². The number of ether oxygens (including phenoxy) is 2. The molecule has 0 aliphatic heterocycles. The molecule has 1 aromatic heterocycles. The van der Waals surface area contributed by atoms with Gasteiger partial charge in [0.15, 0.2) is 6.61 Å². The zero-order valence-corrected chi connectivity index (χ0v) is 17.8. The zero-order valence-electron chi connectivity index (χ0n) is 17.0. The molecule has 0 saturated heterocycles. The molecule has 1 N–H and O–H groups in total. The van der Waals surface area contributed by atoms with Crippen LogP contribution in [0.5, 0.6) is 0 Å². The molecule has 1 heterocycles. The van der Waals surface area contributed by atoms with Crippen LogP contribution in [0.3, 0.4) is 0 Å². The number of nitrogens with zero attached hydrogens (tertiary/aromatic N) is 1. The molecule has 0 aliphatic carbocycles. The standard InChI is InChI=1S/C20H26N2O6S/c1-14-12-17(15(2)22(14)10-7-11-27-3)19(23)13-28-20(24)16-8-5-6-9-18(16)21-29(4,25)26/h5-6,8-9,12,21H,7,10-11,13H2,1-4H3. The summed E-state index contributed by atoms with van der Waals surface area (Å²) in [6, 6.07) is 7.83. The molecule has 0 saturated carbocycles. The number of carbonyl (C=O) groups is 2. The van der Waals surface area contributed by atoms with E-state index in [9.17, 15) is 18.0 Å². The number of rotatable bonds is 10. The van der Waals surface area contributed by atoms with Crippen molar-refractivity contribution in [3.63, 3.8) is 0 Å². The number of methoxy groups -OCH3 is 1. The van der Waals surface area contributed by atoms with Gasteiger partial charge in [0.05, 0.1) is 17.5 Å². The Morgan fingerprint density at radius 2 is 1.83 bits per heavy atom. The molecule has 0 atom stereocenters. The highest BCUT2D eigenvalue weighted by Gasteiger charge is 2.19. The van der Waals surface area contributed by atoms with Crippen LogP contribution >= 0.6 is 0 Å². The monoisotopic (exact) mass is 422 g/mol. The van der Waals surface area contributed by atoms with E-state index in [4.69, 9.17) is 9.47 Å². The maximum atomic E-state index is 12.6. The normalized spacial score (nSPS) is 11.3. The number of esters is 1. The Balaban J connectivity index is 2.08. The van der Waals surface area contributed by atoms with Gasteiger partial charge in [0.2, 0.25) is 15.8 Å². The predicted molar refractivity (Wildman–Crippen MR) is 110 cm³/mol. The smallest absolute Gasteiger partial charge is 0.340 e. The Hall–Kier alpha value is -2.65. The first-order valence-corrected chi connectivity index (χ1v) is 11.0. The second-order valence-corrected chi connectivity index (χ2v) is 8.45. The van der Waals surface area contributed by atoms with E-state index in [-0.39, 0.29) is 17.0 Å². The van der Waals surface area contributed by atoms with Gasteiger partial charge in [-0.05, 0) is 38.5 Å². The molecule has 2 rings (SSSR count). The Kier molecular flexibility index (Phi) is 7.58. The highest BCUT2D eigenvalue weighted by molar-refractivity contribution is 7.92. The van der Waals surface area contributed by atoms with Crippen LogP contribution in [0.25, 0.3) is 0 Å². The molecule has 0 amide bonds. The summed E-state index contributed by atoms with van der Waals surface area (Å²) in [4.78, 5) is 25.0. The summed E-state index contributed by atoms with van der Waals surface area (Å²) in [5.74, 6) is -1.10. The van der Waals surface area contributed by atoms with Gasteiger partial charge < -0.3 is 14.0 Å². The number of aryl methyl sites for hydroxylation is 1. The molecule has 9 heteroatoms. The van der Waals surface area contributed by atoms with Gasteiger partial charge in [-0.2, -0.15) is 0 Å². The fourth-order valence-corrected chi connectivity index (χ4v) is 3.61. The fraction of sp³-hybridized carbons (Fsp3) is 0.400. The molecule has 0 unspecified atom stereocenters. The molecule has 1 aromatic carbocycles. The van der Waals surface area contributed by atoms with Crippen LogP contribution in [0.1, 0.15) is 38.5 Å². The number of benzene rings is 1. The number of carbonyl (C=O) groups excluding carboxylic acids is 2. The first-order chi connectivity index (χ1) is 13.6. The fourth-order valence-electron chi connectivity index (χ4n) is 3.03. The third kappa shape index (κ3) is 6.16. The van der Waals surface area contributed by atoms with Crippen molar-refractivity contribution in [2.24, 2.45) is 0 Å². The van der Waals surface area contributed by atoms with Crippen molar-refractivity contribution in [1.29, 1.82) is 0 Å². The summed E-state index contributed by atoms with van der Waals surface area (Å²) in [6.45, 7) is 4.67. The van der Waals surface area contributed by atoms with Crippen molar-refractivity contribution in [3.05, 3.63) is 52.8 Å². The van der Waals surface area contributed by atoms with Crippen LogP contribution in [0.2, 0.25) is 0 Å². The summed E-state index contributed by atoms with van der Waals surface area (Å²) in [6.07, 6.45) is 1.81. The second-order valence-electron chi connectivity index (χ2n) is 6.70. The molecular weight excluding hydrogens is 396 g/mol. The van der Waals surface area contributed by atoms with Crippen molar-refractivity contribution in [1.82, 2.24) is 4.57 Å². The van der Waals surface area contributed by atoms with E-state index in [1.165, 1.54) is 12.1 Å². The lowest BCUT2D eigenvalue weighted by molar-refractivity contribution is 0.0475. The van der Waals surface area contributed by atoms with E-state index in [2.05, 4.69) is 4.72 Å². The molecule has 2 aromatic rings. The lowest BCUT2D eigenvalue weighted by Gasteiger charge is -2.11. The molecule has 0 radical (unpaired) electrons. The molecule has 158 valence electrons. The first kappa shape index (κ1) is 22.6. The third-order valence-corrected chi connectivity index (χ3v) is 4.97. The van der Waals surface area contributed by atoms with Crippen molar-refractivity contribution in [2.75, 3.05) is 31.3 Å². The van der Waals surface area contributed by atoms with E-state index in [1.807, 2.05) is 18.4 Å². The van der Waals surface area contributed by atoms with Crippen molar-refractivity contribution >= 4 is 27.5 Å². The van der Waals surface area contributed by atoms with Gasteiger partial charge in [0.1, 0.15) is 0 Å². The second kappa shape index (κ2) is 9.71. The Bertz CT molecular complexity index is 994. The number of hydrogen-bond donors (Lipinski definition) is 1. The van der Waals surface area contributed by atoms with E-state index < -0.39 is 22.6 Å². The third-order valence-electron chi connectivity index (χ3n) is 4.38. The average molecular weight is 423 g/mol. The summed E-state index contributed by atoms with van der Waals surface area (Å²) >= 11 is 0. The molecule has 0 aliphatic rings. The van der Waals surface area contributed by atoms with Gasteiger partial charge in [-0.1, -0.05) is 12.1 Å². The van der Waals surface area contributed by atoms with E-state index in [1.54, 1.807) is 25.3 Å². The summed E-state index contributed by atoms with van der Waals surface area (Å²) in [5, 5.41) is 0. The minimum absolute atomic E-state index is 0.0377. The number of ketones is 1. The Morgan fingerprint density at radius 1 is 1.14 bits per heavy atom. The number of hydrogen-bond acceptors (Lipinski definition) is 6. The van der Waals surface area contributed by atoms with E-state index in [0.717, 1.165) is 30.6 Å². The molecule has 8 nitrogen and oxygen atoms in total. The number of sulfonamides is 1. The number of nitrogens with one attached hydrogen (secondary N) is 1. The summed E-state index contributed by atoms with van der Waals surface area (Å²) in [5.41, 5.74) is 2.38. The molecule has 0 spiro atoms. The lowest BCUT2D eigenvalue weighted by atomic mass is 10.1. The van der Waals surface area contributed by atoms with Gasteiger partial charge in [-0.3, -0.25) is 9.52 Å². The van der Waals surface area contributed by atoms with Crippen LogP contribution in [-0.2, 0) is 26.0 Å². The highest BCUT2D eigenvalue weighted by Crippen LogP contribution is 2.19. The number of para-hydroxylation sites is 1. The number of anilines is 1. The molecule has 0 bridgehead atoms. The first-order valence-electron chi connectivity index (χ1n) is 9.07. The minimum Gasteiger partial charge on any atom is -0.454 e. The van der Waals surface area contributed by atoms with Crippen LogP contribution in [-0.4, -0.2) is 51.3 Å². The van der Waals surface area contributed by atoms with Crippen molar-refractivity contribution in [2.45, 2.75) is 26.8 Å². The van der Waals surface area contributed by atoms with Crippen molar-refractivity contribution < 1.29 is 27.5 Å². The van der Waals surface area contributed by atoms with Crippen LogP contribution in [0.4, 0.5) is 5.69 Å². The number of aromatic nitrogens is 1. The molecule has 0 fully saturated rings. The van der Waals surface area contributed by atoms with Gasteiger partial charge >= 0.3 is 5.97 Å². The van der Waals surface area contributed by atoms with Gasteiger partial charge in [0.25, 0.3) is 0 Å². The lowest BCUT2D eigenvalue weighted by Crippen LogP contribution is -2.18. The highest BCUT2D eigenvalue weighted by atomic mass is 32.2. The zero-order chi connectivity index (χ0) is 21.6. The predicted octanol–water partition coefficient (Wildman–Crippen LogP) is 2.55. The van der Waals surface area contributed by atoms with Gasteiger partial charge in [0, 0.05) is 37.2 Å².